The van der Waals surface area contributed by atoms with Crippen molar-refractivity contribution in [2.24, 2.45) is 0 Å². The molecule has 3 aromatic carbocycles. The van der Waals surface area contributed by atoms with E-state index in [0.29, 0.717) is 18.0 Å². The summed E-state index contributed by atoms with van der Waals surface area (Å²) in [5.74, 6) is 2.27. The Morgan fingerprint density at radius 2 is 1.71 bits per heavy atom. The van der Waals surface area contributed by atoms with Gasteiger partial charge in [0.25, 0.3) is 0 Å². The first-order valence-electron chi connectivity index (χ1n) is 12.0. The Morgan fingerprint density at radius 3 is 2.41 bits per heavy atom. The van der Waals surface area contributed by atoms with Gasteiger partial charge in [-0.3, -0.25) is 4.90 Å². The number of hydrogen-bond donors (Lipinski definition) is 1. The van der Waals surface area contributed by atoms with Crippen LogP contribution in [-0.2, 0) is 12.8 Å². The molecule has 0 saturated heterocycles. The summed E-state index contributed by atoms with van der Waals surface area (Å²) in [5.41, 5.74) is 14.3. The number of nitrogen functional groups attached to an aromatic ring is 1. The molecule has 4 rings (SSSR count). The molecule has 0 radical (unpaired) electrons. The van der Waals surface area contributed by atoms with Gasteiger partial charge in [0.15, 0.2) is 11.5 Å². The van der Waals surface area contributed by atoms with E-state index in [-0.39, 0.29) is 6.04 Å². The van der Waals surface area contributed by atoms with Crippen molar-refractivity contribution in [2.45, 2.75) is 39.7 Å². The zero-order valence-corrected chi connectivity index (χ0v) is 21.0. The van der Waals surface area contributed by atoms with Crippen LogP contribution in [0.5, 0.6) is 17.2 Å². The summed E-state index contributed by atoms with van der Waals surface area (Å²) in [6.45, 7) is 9.17. The quantitative estimate of drug-likeness (QED) is 0.451. The van der Waals surface area contributed by atoms with E-state index in [2.05, 4.69) is 56.0 Å². The Hall–Kier alpha value is -3.18. The first-order valence-corrected chi connectivity index (χ1v) is 12.0. The highest BCUT2D eigenvalue weighted by Gasteiger charge is 2.30. The number of anilines is 1. The van der Waals surface area contributed by atoms with Crippen LogP contribution >= 0.6 is 0 Å². The van der Waals surface area contributed by atoms with Gasteiger partial charge in [-0.25, -0.2) is 0 Å². The summed E-state index contributed by atoms with van der Waals surface area (Å²) < 4.78 is 17.4. The molecular weight excluding hydrogens is 424 g/mol. The molecule has 1 atom stereocenters. The molecule has 5 nitrogen and oxygen atoms in total. The maximum absolute atomic E-state index is 6.29. The van der Waals surface area contributed by atoms with Crippen LogP contribution in [0, 0.1) is 13.8 Å². The third-order valence-corrected chi connectivity index (χ3v) is 6.83. The summed E-state index contributed by atoms with van der Waals surface area (Å²) in [6.07, 6.45) is 1.75. The maximum atomic E-state index is 6.29. The average molecular weight is 461 g/mol. The van der Waals surface area contributed by atoms with Crippen molar-refractivity contribution in [3.05, 3.63) is 81.9 Å². The number of methoxy groups -OCH3 is 2. The van der Waals surface area contributed by atoms with E-state index in [1.165, 1.54) is 27.8 Å². The molecular formula is C29H36N2O3. The smallest absolute Gasteiger partial charge is 0.161 e. The molecule has 1 aliphatic heterocycles. The first kappa shape index (κ1) is 24.0. The molecule has 0 amide bonds. The molecule has 5 heteroatoms. The van der Waals surface area contributed by atoms with E-state index in [9.17, 15) is 0 Å². The number of hydrogen-bond acceptors (Lipinski definition) is 5. The van der Waals surface area contributed by atoms with Gasteiger partial charge in [0, 0.05) is 13.0 Å². The molecule has 0 aliphatic carbocycles. The van der Waals surface area contributed by atoms with Crippen molar-refractivity contribution in [1.82, 2.24) is 4.90 Å². The number of aryl methyl sites for hydroxylation is 2. The number of benzene rings is 3. The highest BCUT2D eigenvalue weighted by atomic mass is 16.5. The predicted octanol–water partition coefficient (Wildman–Crippen LogP) is 5.49. The van der Waals surface area contributed by atoms with Gasteiger partial charge in [-0.15, -0.1) is 0 Å². The molecule has 0 aromatic heterocycles. The highest BCUT2D eigenvalue weighted by molar-refractivity contribution is 5.54. The van der Waals surface area contributed by atoms with E-state index in [1.807, 2.05) is 18.2 Å². The van der Waals surface area contributed by atoms with Crippen LogP contribution in [0.15, 0.2) is 48.5 Å². The minimum Gasteiger partial charge on any atom is -0.495 e. The lowest BCUT2D eigenvalue weighted by Gasteiger charge is -2.38. The second kappa shape index (κ2) is 10.4. The minimum atomic E-state index is 0.212. The van der Waals surface area contributed by atoms with E-state index >= 15 is 0 Å². The number of fused-ring (bicyclic) bond motifs is 1. The van der Waals surface area contributed by atoms with Crippen molar-refractivity contribution in [3.8, 4) is 17.2 Å². The van der Waals surface area contributed by atoms with Gasteiger partial charge in [-0.2, -0.15) is 0 Å². The van der Waals surface area contributed by atoms with Gasteiger partial charge >= 0.3 is 0 Å². The fraction of sp³-hybridized carbons (Fsp3) is 0.379. The van der Waals surface area contributed by atoms with Gasteiger partial charge in [-0.1, -0.05) is 36.8 Å². The predicted molar refractivity (Wildman–Crippen MR) is 138 cm³/mol. The fourth-order valence-corrected chi connectivity index (χ4v) is 4.98. The average Bonchev–Trinajstić information content (AvgIpc) is 2.84. The Kier molecular flexibility index (Phi) is 7.32. The number of likely N-dealkylation sites (N-methyl/N-ethyl adjacent to an activating group) is 1. The van der Waals surface area contributed by atoms with Gasteiger partial charge < -0.3 is 19.9 Å². The standard InChI is InChI=1S/C29H36N2O3/c1-6-31-13-11-22-17-27(33-5)28(34-14-12-21-8-10-25(30)26(16-21)32-4)18-24(22)29(31)23-9-7-19(2)15-20(23)3/h7-10,15-18,29H,6,11-14,30H2,1-5H3. The van der Waals surface area contributed by atoms with Crippen LogP contribution in [-0.4, -0.2) is 38.8 Å². The molecule has 2 N–H and O–H groups in total. The molecule has 1 unspecified atom stereocenters. The van der Waals surface area contributed by atoms with Crippen LogP contribution in [0.4, 0.5) is 5.69 Å². The van der Waals surface area contributed by atoms with E-state index in [4.69, 9.17) is 19.9 Å². The second-order valence-corrected chi connectivity index (χ2v) is 9.02. The van der Waals surface area contributed by atoms with Crippen LogP contribution in [0.3, 0.4) is 0 Å². The van der Waals surface area contributed by atoms with Gasteiger partial charge in [0.1, 0.15) is 5.75 Å². The maximum Gasteiger partial charge on any atom is 0.161 e. The van der Waals surface area contributed by atoms with Crippen LogP contribution in [0.25, 0.3) is 0 Å². The summed E-state index contributed by atoms with van der Waals surface area (Å²) in [6, 6.07) is 17.2. The van der Waals surface area contributed by atoms with E-state index < -0.39 is 0 Å². The van der Waals surface area contributed by atoms with Crippen molar-refractivity contribution in [2.75, 3.05) is 39.6 Å². The lowest BCUT2D eigenvalue weighted by molar-refractivity contribution is 0.222. The highest BCUT2D eigenvalue weighted by Crippen LogP contribution is 2.42. The zero-order valence-electron chi connectivity index (χ0n) is 21.0. The Morgan fingerprint density at radius 1 is 0.912 bits per heavy atom. The molecule has 1 aliphatic rings. The zero-order chi connectivity index (χ0) is 24.2. The molecule has 0 saturated carbocycles. The number of nitrogens with zero attached hydrogens (tertiary/aromatic N) is 1. The van der Waals surface area contributed by atoms with Gasteiger partial charge in [0.2, 0.25) is 0 Å². The lowest BCUT2D eigenvalue weighted by Crippen LogP contribution is -2.36. The van der Waals surface area contributed by atoms with Gasteiger partial charge in [-0.05, 0) is 78.9 Å². The Bertz CT molecular complexity index is 1160. The van der Waals surface area contributed by atoms with E-state index in [0.717, 1.165) is 43.0 Å². The fourth-order valence-electron chi connectivity index (χ4n) is 4.98. The molecule has 34 heavy (non-hydrogen) atoms. The van der Waals surface area contributed by atoms with E-state index in [1.54, 1.807) is 14.2 Å². The van der Waals surface area contributed by atoms with Crippen molar-refractivity contribution in [3.63, 3.8) is 0 Å². The first-order chi connectivity index (χ1) is 16.4. The van der Waals surface area contributed by atoms with Gasteiger partial charge in [0.05, 0.1) is 32.6 Å². The summed E-state index contributed by atoms with van der Waals surface area (Å²) in [5, 5.41) is 0. The largest absolute Gasteiger partial charge is 0.495 e. The van der Waals surface area contributed by atoms with Crippen LogP contribution in [0.2, 0.25) is 0 Å². The third kappa shape index (κ3) is 4.85. The summed E-state index contributed by atoms with van der Waals surface area (Å²) >= 11 is 0. The second-order valence-electron chi connectivity index (χ2n) is 9.02. The van der Waals surface area contributed by atoms with Crippen LogP contribution in [0.1, 0.15) is 46.3 Å². The molecule has 180 valence electrons. The third-order valence-electron chi connectivity index (χ3n) is 6.83. The number of ether oxygens (including phenoxy) is 3. The molecule has 0 bridgehead atoms. The normalized spacial score (nSPS) is 15.6. The monoisotopic (exact) mass is 460 g/mol. The number of rotatable bonds is 8. The summed E-state index contributed by atoms with van der Waals surface area (Å²) in [4.78, 5) is 2.55. The molecule has 1 heterocycles. The molecule has 0 spiro atoms. The van der Waals surface area contributed by atoms with Crippen molar-refractivity contribution < 1.29 is 14.2 Å². The molecule has 0 fully saturated rings. The summed E-state index contributed by atoms with van der Waals surface area (Å²) in [7, 11) is 3.35. The Balaban J connectivity index is 1.63. The lowest BCUT2D eigenvalue weighted by atomic mass is 9.85. The topological polar surface area (TPSA) is 57.0 Å². The minimum absolute atomic E-state index is 0.212. The molecule has 3 aromatic rings. The Labute approximate surface area is 203 Å². The SMILES string of the molecule is CCN1CCc2cc(OC)c(OCCc3ccc(N)c(OC)c3)cc2C1c1ccc(C)cc1C. The van der Waals surface area contributed by atoms with Crippen LogP contribution < -0.4 is 19.9 Å². The van der Waals surface area contributed by atoms with Crippen molar-refractivity contribution >= 4 is 5.69 Å². The van der Waals surface area contributed by atoms with Crippen molar-refractivity contribution in [1.29, 1.82) is 0 Å². The number of nitrogens with two attached hydrogens (primary N) is 1.